The lowest BCUT2D eigenvalue weighted by atomic mass is 10.1. The number of carbonyl (C=O) groups excluding carboxylic acids is 1. The summed E-state index contributed by atoms with van der Waals surface area (Å²) < 4.78 is 24.2. The van der Waals surface area contributed by atoms with Crippen LogP contribution in [0.25, 0.3) is 11.3 Å². The number of carbonyl (C=O) groups is 1. The minimum Gasteiger partial charge on any atom is -0.368 e. The summed E-state index contributed by atoms with van der Waals surface area (Å²) in [5.74, 6) is 0.201. The van der Waals surface area contributed by atoms with Crippen LogP contribution in [0.2, 0.25) is 0 Å². The molecule has 1 amide bonds. The Bertz CT molecular complexity index is 981. The molecule has 0 N–H and O–H groups in total. The first-order chi connectivity index (χ1) is 13.5. The van der Waals surface area contributed by atoms with E-state index >= 15 is 0 Å². The molecule has 4 rings (SSSR count). The van der Waals surface area contributed by atoms with E-state index in [4.69, 9.17) is 14.2 Å². The summed E-state index contributed by atoms with van der Waals surface area (Å²) in [6, 6.07) is 11.3. The highest BCUT2D eigenvalue weighted by atomic mass is 19.1. The lowest BCUT2D eigenvalue weighted by Crippen LogP contribution is -2.42. The molecule has 1 atom stereocenters. The lowest BCUT2D eigenvalue weighted by Gasteiger charge is -2.33. The van der Waals surface area contributed by atoms with Crippen LogP contribution < -0.4 is 0 Å². The first-order valence-corrected chi connectivity index (χ1v) is 9.09. The van der Waals surface area contributed by atoms with Gasteiger partial charge >= 0.3 is 0 Å². The SMILES string of the molecule is Cc1noc(C)c1-c1cccc(C2CN(C(=O)c3ccc(F)cc3)CCO2)n1. The fourth-order valence-electron chi connectivity index (χ4n) is 3.41. The zero-order chi connectivity index (χ0) is 19.7. The van der Waals surface area contributed by atoms with E-state index in [-0.39, 0.29) is 17.8 Å². The lowest BCUT2D eigenvalue weighted by molar-refractivity contribution is -0.0246. The van der Waals surface area contributed by atoms with Gasteiger partial charge in [0.15, 0.2) is 0 Å². The second-order valence-corrected chi connectivity index (χ2v) is 6.76. The maximum Gasteiger partial charge on any atom is 0.254 e. The number of pyridine rings is 1. The first kappa shape index (κ1) is 18.3. The number of hydrogen-bond donors (Lipinski definition) is 0. The Morgan fingerprint density at radius 3 is 2.68 bits per heavy atom. The van der Waals surface area contributed by atoms with Crippen molar-refractivity contribution >= 4 is 5.91 Å². The molecule has 1 unspecified atom stereocenters. The number of benzene rings is 1. The second-order valence-electron chi connectivity index (χ2n) is 6.76. The van der Waals surface area contributed by atoms with Gasteiger partial charge in [-0.05, 0) is 50.2 Å². The van der Waals surface area contributed by atoms with E-state index in [1.54, 1.807) is 4.90 Å². The van der Waals surface area contributed by atoms with Crippen LogP contribution in [-0.2, 0) is 4.74 Å². The Morgan fingerprint density at radius 2 is 1.96 bits per heavy atom. The summed E-state index contributed by atoms with van der Waals surface area (Å²) in [7, 11) is 0. The number of nitrogens with zero attached hydrogens (tertiary/aromatic N) is 3. The van der Waals surface area contributed by atoms with Crippen LogP contribution in [0.1, 0.15) is 33.6 Å². The largest absolute Gasteiger partial charge is 0.368 e. The highest BCUT2D eigenvalue weighted by molar-refractivity contribution is 5.94. The van der Waals surface area contributed by atoms with Crippen molar-refractivity contribution < 1.29 is 18.4 Å². The fraction of sp³-hybridized carbons (Fsp3) is 0.286. The minimum atomic E-state index is -0.364. The van der Waals surface area contributed by atoms with Gasteiger partial charge in [0.25, 0.3) is 5.91 Å². The Kier molecular flexibility index (Phi) is 4.92. The van der Waals surface area contributed by atoms with Crippen molar-refractivity contribution in [2.45, 2.75) is 20.0 Å². The maximum atomic E-state index is 13.1. The van der Waals surface area contributed by atoms with Crippen molar-refractivity contribution in [3.8, 4) is 11.3 Å². The van der Waals surface area contributed by atoms with Gasteiger partial charge in [-0.25, -0.2) is 9.37 Å². The summed E-state index contributed by atoms with van der Waals surface area (Å²) in [5, 5.41) is 3.98. The summed E-state index contributed by atoms with van der Waals surface area (Å²) in [6.07, 6.45) is -0.335. The van der Waals surface area contributed by atoms with E-state index < -0.39 is 0 Å². The van der Waals surface area contributed by atoms with Crippen LogP contribution in [0.5, 0.6) is 0 Å². The van der Waals surface area contributed by atoms with Crippen molar-refractivity contribution in [2.75, 3.05) is 19.7 Å². The van der Waals surface area contributed by atoms with E-state index in [2.05, 4.69) is 5.16 Å². The van der Waals surface area contributed by atoms with E-state index in [0.29, 0.717) is 31.0 Å². The molecule has 1 aromatic carbocycles. The molecular weight excluding hydrogens is 361 g/mol. The van der Waals surface area contributed by atoms with E-state index in [0.717, 1.165) is 22.6 Å². The number of rotatable bonds is 3. The Labute approximate surface area is 161 Å². The number of halogens is 1. The standard InChI is InChI=1S/C21H20FN3O3/c1-13-20(14(2)28-24-13)18-5-3-4-17(23-18)19-12-25(10-11-27-19)21(26)15-6-8-16(22)9-7-15/h3-9,19H,10-12H2,1-2H3. The van der Waals surface area contributed by atoms with Crippen molar-refractivity contribution in [2.24, 2.45) is 0 Å². The van der Waals surface area contributed by atoms with E-state index in [1.807, 2.05) is 32.0 Å². The Balaban J connectivity index is 1.56. The molecule has 1 fully saturated rings. The number of amides is 1. The molecule has 1 aliphatic heterocycles. The van der Waals surface area contributed by atoms with Crippen LogP contribution in [0.15, 0.2) is 47.0 Å². The van der Waals surface area contributed by atoms with Crippen LogP contribution in [0.4, 0.5) is 4.39 Å². The van der Waals surface area contributed by atoms with Crippen molar-refractivity contribution in [3.63, 3.8) is 0 Å². The molecular formula is C21H20FN3O3. The van der Waals surface area contributed by atoms with Crippen LogP contribution in [0, 0.1) is 19.7 Å². The average molecular weight is 381 g/mol. The number of aryl methyl sites for hydroxylation is 2. The molecule has 144 valence electrons. The van der Waals surface area contributed by atoms with Gasteiger partial charge in [0, 0.05) is 12.1 Å². The van der Waals surface area contributed by atoms with Gasteiger partial charge in [0.05, 0.1) is 35.8 Å². The third-order valence-electron chi connectivity index (χ3n) is 4.83. The van der Waals surface area contributed by atoms with Crippen LogP contribution in [-0.4, -0.2) is 40.6 Å². The molecule has 3 aromatic rings. The van der Waals surface area contributed by atoms with Gasteiger partial charge in [0.1, 0.15) is 17.7 Å². The van der Waals surface area contributed by atoms with Gasteiger partial charge in [-0.15, -0.1) is 0 Å². The number of ether oxygens (including phenoxy) is 1. The molecule has 1 aliphatic rings. The summed E-state index contributed by atoms with van der Waals surface area (Å²) in [4.78, 5) is 19.2. The van der Waals surface area contributed by atoms with Gasteiger partial charge < -0.3 is 14.2 Å². The molecule has 0 saturated carbocycles. The maximum absolute atomic E-state index is 13.1. The topological polar surface area (TPSA) is 68.5 Å². The number of morpholine rings is 1. The third kappa shape index (κ3) is 3.53. The molecule has 0 aliphatic carbocycles. The normalized spacial score (nSPS) is 17.0. The molecule has 7 heteroatoms. The zero-order valence-electron chi connectivity index (χ0n) is 15.7. The number of aromatic nitrogens is 2. The quantitative estimate of drug-likeness (QED) is 0.692. The molecule has 2 aromatic heterocycles. The fourth-order valence-corrected chi connectivity index (χ4v) is 3.41. The first-order valence-electron chi connectivity index (χ1n) is 9.09. The predicted octanol–water partition coefficient (Wildman–Crippen LogP) is 3.71. The van der Waals surface area contributed by atoms with E-state index in [1.165, 1.54) is 24.3 Å². The molecule has 0 spiro atoms. The highest BCUT2D eigenvalue weighted by Gasteiger charge is 2.27. The number of hydrogen-bond acceptors (Lipinski definition) is 5. The molecule has 0 bridgehead atoms. The summed E-state index contributed by atoms with van der Waals surface area (Å²) in [6.45, 7) is 5.00. The van der Waals surface area contributed by atoms with Crippen LogP contribution in [0.3, 0.4) is 0 Å². The molecule has 3 heterocycles. The molecule has 6 nitrogen and oxygen atoms in total. The van der Waals surface area contributed by atoms with Crippen LogP contribution >= 0.6 is 0 Å². The van der Waals surface area contributed by atoms with Gasteiger partial charge in [0.2, 0.25) is 0 Å². The molecule has 1 saturated heterocycles. The van der Waals surface area contributed by atoms with Crippen molar-refractivity contribution in [1.82, 2.24) is 15.0 Å². The smallest absolute Gasteiger partial charge is 0.254 e. The second kappa shape index (κ2) is 7.52. The summed E-state index contributed by atoms with van der Waals surface area (Å²) in [5.41, 5.74) is 3.62. The van der Waals surface area contributed by atoms with Crippen molar-refractivity contribution in [3.05, 3.63) is 71.0 Å². The monoisotopic (exact) mass is 381 g/mol. The Morgan fingerprint density at radius 1 is 1.18 bits per heavy atom. The van der Waals surface area contributed by atoms with Gasteiger partial charge in [-0.1, -0.05) is 11.2 Å². The zero-order valence-corrected chi connectivity index (χ0v) is 15.7. The van der Waals surface area contributed by atoms with E-state index in [9.17, 15) is 9.18 Å². The minimum absolute atomic E-state index is 0.143. The molecule has 28 heavy (non-hydrogen) atoms. The third-order valence-corrected chi connectivity index (χ3v) is 4.83. The predicted molar refractivity (Wildman–Crippen MR) is 100 cm³/mol. The Hall–Kier alpha value is -3.06. The van der Waals surface area contributed by atoms with Crippen molar-refractivity contribution in [1.29, 1.82) is 0 Å². The van der Waals surface area contributed by atoms with Gasteiger partial charge in [-0.3, -0.25) is 4.79 Å². The molecule has 0 radical (unpaired) electrons. The summed E-state index contributed by atoms with van der Waals surface area (Å²) >= 11 is 0. The highest BCUT2D eigenvalue weighted by Crippen LogP contribution is 2.28. The van der Waals surface area contributed by atoms with Gasteiger partial charge in [-0.2, -0.15) is 0 Å². The average Bonchev–Trinajstić information content (AvgIpc) is 3.06.